The van der Waals surface area contributed by atoms with Crippen LogP contribution in [0.25, 0.3) is 0 Å². The van der Waals surface area contributed by atoms with Crippen molar-refractivity contribution in [1.82, 2.24) is 4.90 Å². The highest BCUT2D eigenvalue weighted by Crippen LogP contribution is 2.32. The smallest absolute Gasteiger partial charge is 0.263 e. The molecule has 2 atom stereocenters. The van der Waals surface area contributed by atoms with E-state index >= 15 is 0 Å². The van der Waals surface area contributed by atoms with Crippen molar-refractivity contribution in [2.45, 2.75) is 68.7 Å². The first-order valence-corrected chi connectivity index (χ1v) is 9.93. The topological polar surface area (TPSA) is 20.3 Å². The Labute approximate surface area is 140 Å². The Hall–Kier alpha value is -0.350. The largest absolute Gasteiger partial charge is 0.337 e. The number of halogens is 1. The monoisotopic (exact) mass is 369 g/mol. The molecule has 1 aromatic rings. The van der Waals surface area contributed by atoms with E-state index in [1.54, 1.807) is 11.3 Å². The van der Waals surface area contributed by atoms with Gasteiger partial charge in [0.05, 0.1) is 4.88 Å². The Bertz CT molecular complexity index is 489. The summed E-state index contributed by atoms with van der Waals surface area (Å²) in [5.41, 5.74) is 1.44. The van der Waals surface area contributed by atoms with Crippen LogP contribution < -0.4 is 0 Å². The fraction of sp³-hybridized carbons (Fsp3) is 0.706. The van der Waals surface area contributed by atoms with Crippen LogP contribution in [0.4, 0.5) is 0 Å². The molecule has 1 saturated carbocycles. The fourth-order valence-electron chi connectivity index (χ4n) is 3.60. The molecule has 0 radical (unpaired) electrons. The molecule has 0 N–H and O–H groups in total. The fourth-order valence-corrected chi connectivity index (χ4v) is 5.78. The average Bonchev–Trinajstić information content (AvgIpc) is 2.77. The second-order valence-electron chi connectivity index (χ2n) is 6.40. The summed E-state index contributed by atoms with van der Waals surface area (Å²) >= 11 is 5.52. The molecule has 2 aliphatic carbocycles. The van der Waals surface area contributed by atoms with Crippen LogP contribution in [0.2, 0.25) is 0 Å². The van der Waals surface area contributed by atoms with Crippen molar-refractivity contribution in [2.75, 3.05) is 7.05 Å². The van der Waals surface area contributed by atoms with Crippen molar-refractivity contribution in [2.24, 2.45) is 0 Å². The number of fused-ring (bicyclic) bond motifs is 1. The van der Waals surface area contributed by atoms with Gasteiger partial charge in [-0.05, 0) is 50.2 Å². The van der Waals surface area contributed by atoms with Crippen LogP contribution in [0, 0.1) is 0 Å². The van der Waals surface area contributed by atoms with Crippen molar-refractivity contribution < 1.29 is 4.79 Å². The molecule has 116 valence electrons. The van der Waals surface area contributed by atoms with Crippen LogP contribution in [-0.2, 0) is 12.8 Å². The summed E-state index contributed by atoms with van der Waals surface area (Å²) < 4.78 is 0. The molecule has 1 aromatic heterocycles. The molecule has 4 heteroatoms. The van der Waals surface area contributed by atoms with Gasteiger partial charge in [-0.15, -0.1) is 11.3 Å². The van der Waals surface area contributed by atoms with Crippen LogP contribution in [0.3, 0.4) is 0 Å². The van der Waals surface area contributed by atoms with Gasteiger partial charge in [0, 0.05) is 22.8 Å². The van der Waals surface area contributed by atoms with Gasteiger partial charge in [-0.25, -0.2) is 0 Å². The third-order valence-electron chi connectivity index (χ3n) is 4.92. The van der Waals surface area contributed by atoms with Gasteiger partial charge in [-0.2, -0.15) is 0 Å². The molecule has 0 aromatic carbocycles. The van der Waals surface area contributed by atoms with E-state index < -0.39 is 0 Å². The highest BCUT2D eigenvalue weighted by Gasteiger charge is 2.30. The lowest BCUT2D eigenvalue weighted by atomic mass is 9.94. The third kappa shape index (κ3) is 3.37. The molecule has 1 heterocycles. The normalized spacial score (nSPS) is 26.0. The Balaban J connectivity index is 1.75. The number of alkyl halides is 1. The zero-order valence-corrected chi connectivity index (χ0v) is 15.1. The van der Waals surface area contributed by atoms with Crippen molar-refractivity contribution in [3.8, 4) is 0 Å². The second kappa shape index (κ2) is 6.82. The van der Waals surface area contributed by atoms with Crippen LogP contribution in [0.15, 0.2) is 6.07 Å². The molecule has 2 nitrogen and oxygen atoms in total. The molecule has 1 amide bonds. The average molecular weight is 370 g/mol. The van der Waals surface area contributed by atoms with E-state index in [9.17, 15) is 4.79 Å². The lowest BCUT2D eigenvalue weighted by Crippen LogP contribution is -2.43. The molecule has 2 aliphatic rings. The maximum Gasteiger partial charge on any atom is 0.263 e. The molecular weight excluding hydrogens is 346 g/mol. The summed E-state index contributed by atoms with van der Waals surface area (Å²) in [7, 11) is 1.98. The second-order valence-corrected chi connectivity index (χ2v) is 8.72. The number of aryl methyl sites for hydroxylation is 2. The number of nitrogens with zero attached hydrogens (tertiary/aromatic N) is 1. The van der Waals surface area contributed by atoms with Gasteiger partial charge >= 0.3 is 0 Å². The van der Waals surface area contributed by atoms with Crippen molar-refractivity contribution in [3.05, 3.63) is 21.4 Å². The lowest BCUT2D eigenvalue weighted by molar-refractivity contribution is 0.0709. The van der Waals surface area contributed by atoms with E-state index in [1.165, 1.54) is 55.4 Å². The number of hydrogen-bond donors (Lipinski definition) is 0. The summed E-state index contributed by atoms with van der Waals surface area (Å²) in [5, 5.41) is 0. The summed E-state index contributed by atoms with van der Waals surface area (Å²) in [5.74, 6) is 0.226. The quantitative estimate of drug-likeness (QED) is 0.541. The Morgan fingerprint density at radius 1 is 1.19 bits per heavy atom. The first-order chi connectivity index (χ1) is 10.2. The van der Waals surface area contributed by atoms with Crippen LogP contribution in [-0.4, -0.2) is 28.7 Å². The van der Waals surface area contributed by atoms with Crippen LogP contribution in [0.1, 0.15) is 65.1 Å². The highest BCUT2D eigenvalue weighted by molar-refractivity contribution is 9.09. The number of carbonyl (C=O) groups is 1. The van der Waals surface area contributed by atoms with Crippen molar-refractivity contribution in [3.63, 3.8) is 0 Å². The predicted octanol–water partition coefficient (Wildman–Crippen LogP) is 4.80. The van der Waals surface area contributed by atoms with Gasteiger partial charge < -0.3 is 4.90 Å². The summed E-state index contributed by atoms with van der Waals surface area (Å²) in [6, 6.07) is 2.53. The predicted molar refractivity (Wildman–Crippen MR) is 92.6 cm³/mol. The standard InChI is InChI=1S/C17H24BrNOS/c1-19(14-9-6-5-8-13(14)18)17(20)16-11-12-7-3-2-4-10-15(12)21-16/h11,13-14H,2-10H2,1H3. The maximum absolute atomic E-state index is 12.8. The molecule has 3 rings (SSSR count). The molecule has 1 fully saturated rings. The summed E-state index contributed by atoms with van der Waals surface area (Å²) in [6.45, 7) is 0. The minimum absolute atomic E-state index is 0.226. The van der Waals surface area contributed by atoms with Crippen LogP contribution >= 0.6 is 27.3 Å². The van der Waals surface area contributed by atoms with Gasteiger partial charge in [-0.1, -0.05) is 35.2 Å². The van der Waals surface area contributed by atoms with Crippen molar-refractivity contribution in [1.29, 1.82) is 0 Å². The Morgan fingerprint density at radius 3 is 2.76 bits per heavy atom. The lowest BCUT2D eigenvalue weighted by Gasteiger charge is -2.35. The van der Waals surface area contributed by atoms with E-state index in [1.807, 2.05) is 11.9 Å². The number of rotatable bonds is 2. The zero-order valence-electron chi connectivity index (χ0n) is 12.7. The molecular formula is C17H24BrNOS. The van der Waals surface area contributed by atoms with Gasteiger partial charge in [0.1, 0.15) is 0 Å². The molecule has 0 saturated heterocycles. The molecule has 2 unspecified atom stereocenters. The van der Waals surface area contributed by atoms with E-state index in [-0.39, 0.29) is 5.91 Å². The first kappa shape index (κ1) is 15.5. The van der Waals surface area contributed by atoms with Gasteiger partial charge in [0.25, 0.3) is 5.91 Å². The van der Waals surface area contributed by atoms with E-state index in [0.29, 0.717) is 10.9 Å². The van der Waals surface area contributed by atoms with Crippen LogP contribution in [0.5, 0.6) is 0 Å². The maximum atomic E-state index is 12.8. The van der Waals surface area contributed by atoms with E-state index in [4.69, 9.17) is 0 Å². The number of hydrogen-bond acceptors (Lipinski definition) is 2. The Morgan fingerprint density at radius 2 is 1.95 bits per heavy atom. The number of thiophene rings is 1. The first-order valence-electron chi connectivity index (χ1n) is 8.19. The summed E-state index contributed by atoms with van der Waals surface area (Å²) in [4.78, 5) is 17.7. The van der Waals surface area contributed by atoms with Crippen molar-refractivity contribution >= 4 is 33.2 Å². The summed E-state index contributed by atoms with van der Waals surface area (Å²) in [6.07, 6.45) is 11.1. The SMILES string of the molecule is CN(C(=O)c1cc2c(s1)CCCCC2)C1CCCCC1Br. The Kier molecular flexibility index (Phi) is 5.05. The minimum Gasteiger partial charge on any atom is -0.337 e. The van der Waals surface area contributed by atoms with E-state index in [2.05, 4.69) is 22.0 Å². The number of amides is 1. The third-order valence-corrected chi connectivity index (χ3v) is 7.22. The highest BCUT2D eigenvalue weighted by atomic mass is 79.9. The molecule has 21 heavy (non-hydrogen) atoms. The van der Waals surface area contributed by atoms with E-state index in [0.717, 1.165) is 17.7 Å². The van der Waals surface area contributed by atoms with Gasteiger partial charge in [0.2, 0.25) is 0 Å². The number of carbonyl (C=O) groups excluding carboxylic acids is 1. The molecule has 0 spiro atoms. The minimum atomic E-state index is 0.226. The van der Waals surface area contributed by atoms with Gasteiger partial charge in [0.15, 0.2) is 0 Å². The zero-order chi connectivity index (χ0) is 14.8. The molecule has 0 aliphatic heterocycles. The van der Waals surface area contributed by atoms with Gasteiger partial charge in [-0.3, -0.25) is 4.79 Å². The molecule has 0 bridgehead atoms.